The molecular weight excluding hydrogens is 556 g/mol. The van der Waals surface area contributed by atoms with Crippen molar-refractivity contribution in [1.82, 2.24) is 9.97 Å². The number of rotatable bonds is 3. The molecule has 0 saturated carbocycles. The molecule has 0 aliphatic heterocycles. The maximum atomic E-state index is 5.16. The van der Waals surface area contributed by atoms with Crippen LogP contribution in [0.4, 0.5) is 0 Å². The fourth-order valence-electron chi connectivity index (χ4n) is 7.46. The third kappa shape index (κ3) is 3.71. The van der Waals surface area contributed by atoms with Gasteiger partial charge in [-0.1, -0.05) is 140 Å². The highest BCUT2D eigenvalue weighted by Gasteiger charge is 2.14. The maximum Gasteiger partial charge on any atom is 0.0972 e. The van der Waals surface area contributed by atoms with Crippen molar-refractivity contribution in [2.45, 2.75) is 0 Å². The van der Waals surface area contributed by atoms with Crippen molar-refractivity contribution in [3.05, 3.63) is 158 Å². The van der Waals surface area contributed by atoms with Crippen molar-refractivity contribution in [3.8, 4) is 33.5 Å². The van der Waals surface area contributed by atoms with Gasteiger partial charge >= 0.3 is 0 Å². The lowest BCUT2D eigenvalue weighted by atomic mass is 9.89. The fraction of sp³-hybridized carbons (Fsp3) is 0. The first-order valence-corrected chi connectivity index (χ1v) is 15.7. The van der Waals surface area contributed by atoms with Gasteiger partial charge < -0.3 is 0 Å². The average molecular weight is 583 g/mol. The Balaban J connectivity index is 1.09. The summed E-state index contributed by atoms with van der Waals surface area (Å²) >= 11 is 0. The highest BCUT2D eigenvalue weighted by atomic mass is 14.8. The SMILES string of the molecule is c1cnc2c(c1)ccc1ccc(-c3ccc(-c4ccc(-c5ccc6ccc7cccc8ccc5c6c78)cc4)c4ccccc34)nc12. The number of fused-ring (bicyclic) bond motifs is 4. The summed E-state index contributed by atoms with van der Waals surface area (Å²) in [5.41, 5.74) is 8.86. The van der Waals surface area contributed by atoms with E-state index in [-0.39, 0.29) is 0 Å². The lowest BCUT2D eigenvalue weighted by Gasteiger charge is -2.15. The molecule has 0 aliphatic carbocycles. The smallest absolute Gasteiger partial charge is 0.0972 e. The van der Waals surface area contributed by atoms with E-state index in [1.54, 1.807) is 0 Å². The number of benzene rings is 8. The molecule has 212 valence electrons. The predicted molar refractivity (Wildman–Crippen MR) is 195 cm³/mol. The molecule has 0 radical (unpaired) electrons. The molecular formula is C44H26N2. The van der Waals surface area contributed by atoms with Crippen LogP contribution >= 0.6 is 0 Å². The van der Waals surface area contributed by atoms with Gasteiger partial charge in [0, 0.05) is 22.5 Å². The molecule has 0 aliphatic rings. The topological polar surface area (TPSA) is 25.8 Å². The molecule has 0 N–H and O–H groups in total. The summed E-state index contributed by atoms with van der Waals surface area (Å²) in [4.78, 5) is 9.83. The Morgan fingerprint density at radius 1 is 0.326 bits per heavy atom. The van der Waals surface area contributed by atoms with Crippen molar-refractivity contribution in [3.63, 3.8) is 0 Å². The van der Waals surface area contributed by atoms with Gasteiger partial charge in [-0.2, -0.15) is 0 Å². The summed E-state index contributed by atoms with van der Waals surface area (Å²) in [6, 6.07) is 55.0. The molecule has 0 atom stereocenters. The van der Waals surface area contributed by atoms with Crippen LogP contribution in [0.2, 0.25) is 0 Å². The first-order chi connectivity index (χ1) is 22.8. The molecule has 8 aromatic carbocycles. The van der Waals surface area contributed by atoms with Crippen LogP contribution < -0.4 is 0 Å². The van der Waals surface area contributed by atoms with Crippen LogP contribution in [0.3, 0.4) is 0 Å². The molecule has 0 unspecified atom stereocenters. The van der Waals surface area contributed by atoms with E-state index in [1.165, 1.54) is 65.3 Å². The Bertz CT molecular complexity index is 2780. The van der Waals surface area contributed by atoms with E-state index in [4.69, 9.17) is 4.98 Å². The summed E-state index contributed by atoms with van der Waals surface area (Å²) < 4.78 is 0. The fourth-order valence-corrected chi connectivity index (χ4v) is 7.46. The first kappa shape index (κ1) is 25.2. The van der Waals surface area contributed by atoms with E-state index in [0.29, 0.717) is 0 Å². The van der Waals surface area contributed by atoms with Gasteiger partial charge in [0.15, 0.2) is 0 Å². The normalized spacial score (nSPS) is 11.9. The van der Waals surface area contributed by atoms with Crippen LogP contribution in [0.25, 0.3) is 98.4 Å². The molecule has 2 nitrogen and oxygen atoms in total. The van der Waals surface area contributed by atoms with Crippen LogP contribution in [-0.4, -0.2) is 9.97 Å². The summed E-state index contributed by atoms with van der Waals surface area (Å²) in [6.45, 7) is 0. The number of hydrogen-bond acceptors (Lipinski definition) is 2. The van der Waals surface area contributed by atoms with E-state index in [0.717, 1.165) is 33.1 Å². The summed E-state index contributed by atoms with van der Waals surface area (Å²) in [7, 11) is 0. The standard InChI is InChI=1S/C44H26N2/c1-2-9-37-36(8-1)34(23-24-38(37)40-25-20-33-17-16-32-7-4-26-45-43(32)44(33)46-40)27-10-12-28(13-11-27)35-21-18-31-15-14-29-5-3-6-30-19-22-39(35)42(31)41(29)30/h1-26H. The number of pyridine rings is 2. The molecule has 2 heteroatoms. The van der Waals surface area contributed by atoms with Gasteiger partial charge in [-0.05, 0) is 77.5 Å². The predicted octanol–water partition coefficient (Wildman–Crippen LogP) is 11.8. The monoisotopic (exact) mass is 582 g/mol. The Hall–Kier alpha value is -6.12. The van der Waals surface area contributed by atoms with Crippen LogP contribution in [0, 0.1) is 0 Å². The Kier molecular flexibility index (Phi) is 5.31. The Morgan fingerprint density at radius 3 is 1.65 bits per heavy atom. The van der Waals surface area contributed by atoms with E-state index < -0.39 is 0 Å². The van der Waals surface area contributed by atoms with Gasteiger partial charge in [-0.15, -0.1) is 0 Å². The van der Waals surface area contributed by atoms with Gasteiger partial charge in [0.25, 0.3) is 0 Å². The molecule has 2 aromatic heterocycles. The van der Waals surface area contributed by atoms with Gasteiger partial charge in [-0.25, -0.2) is 4.98 Å². The number of aromatic nitrogens is 2. The zero-order chi connectivity index (χ0) is 30.2. The lowest BCUT2D eigenvalue weighted by Crippen LogP contribution is -1.91. The van der Waals surface area contributed by atoms with Crippen molar-refractivity contribution < 1.29 is 0 Å². The zero-order valence-corrected chi connectivity index (χ0v) is 24.9. The molecule has 10 rings (SSSR count). The van der Waals surface area contributed by atoms with Gasteiger partial charge in [0.1, 0.15) is 0 Å². The number of nitrogens with zero attached hydrogens (tertiary/aromatic N) is 2. The Labute approximate surface area is 265 Å². The molecule has 0 bridgehead atoms. The van der Waals surface area contributed by atoms with Crippen LogP contribution in [-0.2, 0) is 0 Å². The molecule has 2 heterocycles. The quantitative estimate of drug-likeness (QED) is 0.194. The summed E-state index contributed by atoms with van der Waals surface area (Å²) in [5.74, 6) is 0. The minimum absolute atomic E-state index is 0.936. The second-order valence-corrected chi connectivity index (χ2v) is 12.2. The summed E-state index contributed by atoms with van der Waals surface area (Å²) in [5, 5.41) is 12.5. The van der Waals surface area contributed by atoms with Crippen molar-refractivity contribution in [2.24, 2.45) is 0 Å². The summed E-state index contributed by atoms with van der Waals surface area (Å²) in [6.07, 6.45) is 1.84. The lowest BCUT2D eigenvalue weighted by molar-refractivity contribution is 1.37. The maximum absolute atomic E-state index is 5.16. The molecule has 46 heavy (non-hydrogen) atoms. The van der Waals surface area contributed by atoms with E-state index in [1.807, 2.05) is 12.3 Å². The van der Waals surface area contributed by atoms with Crippen molar-refractivity contribution in [2.75, 3.05) is 0 Å². The third-order valence-electron chi connectivity index (χ3n) is 9.67. The average Bonchev–Trinajstić information content (AvgIpc) is 3.13. The van der Waals surface area contributed by atoms with E-state index in [9.17, 15) is 0 Å². The molecule has 10 aromatic rings. The zero-order valence-electron chi connectivity index (χ0n) is 24.9. The molecule has 0 saturated heterocycles. The van der Waals surface area contributed by atoms with E-state index >= 15 is 0 Å². The Morgan fingerprint density at radius 2 is 0.870 bits per heavy atom. The van der Waals surface area contributed by atoms with Crippen molar-refractivity contribution in [1.29, 1.82) is 0 Å². The van der Waals surface area contributed by atoms with Gasteiger partial charge in [0.2, 0.25) is 0 Å². The minimum Gasteiger partial charge on any atom is -0.254 e. The second-order valence-electron chi connectivity index (χ2n) is 12.2. The molecule has 0 amide bonds. The highest BCUT2D eigenvalue weighted by molar-refractivity contribution is 6.25. The second kappa shape index (κ2) is 9.69. The highest BCUT2D eigenvalue weighted by Crippen LogP contribution is 2.41. The van der Waals surface area contributed by atoms with Crippen LogP contribution in [0.5, 0.6) is 0 Å². The van der Waals surface area contributed by atoms with Gasteiger partial charge in [-0.3, -0.25) is 4.98 Å². The minimum atomic E-state index is 0.936. The first-order valence-electron chi connectivity index (χ1n) is 15.7. The van der Waals surface area contributed by atoms with Gasteiger partial charge in [0.05, 0.1) is 16.7 Å². The van der Waals surface area contributed by atoms with E-state index in [2.05, 4.69) is 151 Å². The molecule has 0 fully saturated rings. The largest absolute Gasteiger partial charge is 0.254 e. The van der Waals surface area contributed by atoms with Crippen molar-refractivity contribution >= 4 is 64.9 Å². The number of hydrogen-bond donors (Lipinski definition) is 0. The third-order valence-corrected chi connectivity index (χ3v) is 9.67. The van der Waals surface area contributed by atoms with Crippen LogP contribution in [0.15, 0.2) is 158 Å². The molecule has 0 spiro atoms. The van der Waals surface area contributed by atoms with Crippen LogP contribution in [0.1, 0.15) is 0 Å².